The molecular weight excluding hydrogens is 406 g/mol. The molecule has 1 aromatic heterocycles. The Morgan fingerprint density at radius 1 is 0.967 bits per heavy atom. The Bertz CT molecular complexity index is 1050. The van der Waals surface area contributed by atoms with Gasteiger partial charge in [-0.15, -0.1) is 0 Å². The molecule has 0 fully saturated rings. The number of rotatable bonds is 6. The van der Waals surface area contributed by atoms with E-state index in [9.17, 15) is 9.59 Å². The van der Waals surface area contributed by atoms with Crippen molar-refractivity contribution in [2.45, 2.75) is 19.4 Å². The number of nitrogens with one attached hydrogen (secondary N) is 2. The number of hydrogen-bond acceptors (Lipinski definition) is 4. The lowest BCUT2D eigenvalue weighted by Crippen LogP contribution is -2.38. The van der Waals surface area contributed by atoms with E-state index in [2.05, 4.69) is 15.6 Å². The number of amides is 2. The highest BCUT2D eigenvalue weighted by Gasteiger charge is 2.29. The molecule has 0 spiro atoms. The number of carbonyl (C=O) groups is 2. The maximum atomic E-state index is 12.1. The number of benzene rings is 2. The summed E-state index contributed by atoms with van der Waals surface area (Å²) < 4.78 is 5.40. The quantitative estimate of drug-likeness (QED) is 0.498. The van der Waals surface area contributed by atoms with Crippen LogP contribution in [-0.4, -0.2) is 27.7 Å². The molecule has 0 aliphatic carbocycles. The van der Waals surface area contributed by atoms with E-state index in [1.807, 2.05) is 12.1 Å². The summed E-state index contributed by atoms with van der Waals surface area (Å²) in [5.74, 6) is -0.851. The molecule has 3 N–H and O–H groups in total. The van der Waals surface area contributed by atoms with E-state index in [0.717, 1.165) is 11.1 Å². The van der Waals surface area contributed by atoms with Crippen LogP contribution < -0.4 is 15.4 Å². The highest BCUT2D eigenvalue weighted by molar-refractivity contribution is 6.33. The standard InChI is InChI=1S/C22H20ClN3O4/c1-22(2,20(27)28)30-19-12-9-15(13-24-19)14-7-10-16(11-8-14)25-21(29)26-18-6-4-3-5-17(18)23/h3-13H,1-2H3,(H,27,28)(H2,25,26,29). The molecule has 1 heterocycles. The number of hydrogen-bond donors (Lipinski definition) is 3. The van der Waals surface area contributed by atoms with Gasteiger partial charge in [-0.3, -0.25) is 0 Å². The smallest absolute Gasteiger partial charge is 0.347 e. The van der Waals surface area contributed by atoms with Crippen LogP contribution in [0, 0.1) is 0 Å². The molecule has 30 heavy (non-hydrogen) atoms. The van der Waals surface area contributed by atoms with Crippen molar-refractivity contribution in [3.05, 3.63) is 71.9 Å². The van der Waals surface area contributed by atoms with Crippen molar-refractivity contribution >= 4 is 35.0 Å². The van der Waals surface area contributed by atoms with Crippen molar-refractivity contribution < 1.29 is 19.4 Å². The first-order valence-electron chi connectivity index (χ1n) is 9.06. The summed E-state index contributed by atoms with van der Waals surface area (Å²) in [6.45, 7) is 2.91. The van der Waals surface area contributed by atoms with Crippen molar-refractivity contribution in [3.8, 4) is 17.0 Å². The van der Waals surface area contributed by atoms with Gasteiger partial charge in [0.25, 0.3) is 0 Å². The second kappa shape index (κ2) is 8.84. The van der Waals surface area contributed by atoms with Crippen LogP contribution in [0.3, 0.4) is 0 Å². The van der Waals surface area contributed by atoms with Crippen LogP contribution in [0.1, 0.15) is 13.8 Å². The monoisotopic (exact) mass is 425 g/mol. The molecule has 0 aliphatic heterocycles. The largest absolute Gasteiger partial charge is 0.478 e. The van der Waals surface area contributed by atoms with Crippen molar-refractivity contribution in [2.24, 2.45) is 0 Å². The van der Waals surface area contributed by atoms with Gasteiger partial charge in [0.15, 0.2) is 0 Å². The molecular formula is C22H20ClN3O4. The van der Waals surface area contributed by atoms with Crippen molar-refractivity contribution in [3.63, 3.8) is 0 Å². The second-order valence-electron chi connectivity index (χ2n) is 6.94. The number of para-hydroxylation sites is 1. The van der Waals surface area contributed by atoms with Gasteiger partial charge in [0.05, 0.1) is 10.7 Å². The molecule has 0 saturated carbocycles. The van der Waals surface area contributed by atoms with E-state index < -0.39 is 17.6 Å². The number of nitrogens with zero attached hydrogens (tertiary/aromatic N) is 1. The Morgan fingerprint density at radius 2 is 1.63 bits per heavy atom. The number of ether oxygens (including phenoxy) is 1. The lowest BCUT2D eigenvalue weighted by Gasteiger charge is -2.20. The second-order valence-corrected chi connectivity index (χ2v) is 7.35. The predicted octanol–water partition coefficient (Wildman–Crippen LogP) is 5.29. The van der Waals surface area contributed by atoms with Gasteiger partial charge >= 0.3 is 12.0 Å². The third kappa shape index (κ3) is 5.27. The van der Waals surface area contributed by atoms with Gasteiger partial charge in [0, 0.05) is 23.5 Å². The van der Waals surface area contributed by atoms with E-state index >= 15 is 0 Å². The van der Waals surface area contributed by atoms with Crippen molar-refractivity contribution in [1.29, 1.82) is 0 Å². The fourth-order valence-corrected chi connectivity index (χ4v) is 2.69. The summed E-state index contributed by atoms with van der Waals surface area (Å²) >= 11 is 6.04. The molecule has 0 unspecified atom stereocenters. The molecule has 154 valence electrons. The number of carboxylic acid groups (broad SMARTS) is 1. The zero-order chi connectivity index (χ0) is 21.7. The number of carboxylic acids is 1. The maximum Gasteiger partial charge on any atom is 0.347 e. The highest BCUT2D eigenvalue weighted by atomic mass is 35.5. The Labute approximate surface area is 178 Å². The number of aliphatic carboxylic acids is 1. The zero-order valence-electron chi connectivity index (χ0n) is 16.3. The minimum atomic E-state index is -1.37. The molecule has 2 aromatic carbocycles. The average Bonchev–Trinajstić information content (AvgIpc) is 2.70. The third-order valence-electron chi connectivity index (χ3n) is 4.21. The Kier molecular flexibility index (Phi) is 6.23. The molecule has 0 radical (unpaired) electrons. The van der Waals surface area contributed by atoms with E-state index in [4.69, 9.17) is 21.4 Å². The Morgan fingerprint density at radius 3 is 2.23 bits per heavy atom. The molecule has 0 aliphatic rings. The average molecular weight is 426 g/mol. The zero-order valence-corrected chi connectivity index (χ0v) is 17.1. The van der Waals surface area contributed by atoms with Crippen LogP contribution in [-0.2, 0) is 4.79 Å². The molecule has 0 saturated heterocycles. The summed E-state index contributed by atoms with van der Waals surface area (Å²) in [7, 11) is 0. The van der Waals surface area contributed by atoms with Gasteiger partial charge in [-0.2, -0.15) is 0 Å². The van der Waals surface area contributed by atoms with Gasteiger partial charge in [-0.05, 0) is 49.7 Å². The van der Waals surface area contributed by atoms with Crippen LogP contribution in [0.15, 0.2) is 66.9 Å². The third-order valence-corrected chi connectivity index (χ3v) is 4.54. The van der Waals surface area contributed by atoms with Crippen molar-refractivity contribution in [2.75, 3.05) is 10.6 Å². The molecule has 8 heteroatoms. The van der Waals surface area contributed by atoms with Gasteiger partial charge in [-0.1, -0.05) is 35.9 Å². The molecule has 0 bridgehead atoms. The molecule has 2 amide bonds. The van der Waals surface area contributed by atoms with Gasteiger partial charge in [0.1, 0.15) is 0 Å². The lowest BCUT2D eigenvalue weighted by molar-refractivity contribution is -0.152. The molecule has 3 rings (SSSR count). The lowest BCUT2D eigenvalue weighted by atomic mass is 10.1. The first-order chi connectivity index (χ1) is 14.2. The summed E-state index contributed by atoms with van der Waals surface area (Å²) in [6.07, 6.45) is 1.60. The van der Waals surface area contributed by atoms with Crippen LogP contribution in [0.4, 0.5) is 16.2 Å². The number of urea groups is 1. The van der Waals surface area contributed by atoms with Crippen LogP contribution >= 0.6 is 11.6 Å². The fourth-order valence-electron chi connectivity index (χ4n) is 2.51. The first-order valence-corrected chi connectivity index (χ1v) is 9.44. The highest BCUT2D eigenvalue weighted by Crippen LogP contribution is 2.24. The number of halogens is 1. The van der Waals surface area contributed by atoms with Gasteiger partial charge < -0.3 is 20.5 Å². The summed E-state index contributed by atoms with van der Waals surface area (Å²) in [4.78, 5) is 27.5. The van der Waals surface area contributed by atoms with E-state index in [1.165, 1.54) is 13.8 Å². The Hall–Kier alpha value is -3.58. The SMILES string of the molecule is CC(C)(Oc1ccc(-c2ccc(NC(=O)Nc3ccccc3Cl)cc2)cn1)C(=O)O. The molecule has 7 nitrogen and oxygen atoms in total. The van der Waals surface area contributed by atoms with Crippen LogP contribution in [0.25, 0.3) is 11.1 Å². The van der Waals surface area contributed by atoms with Crippen LogP contribution in [0.2, 0.25) is 5.02 Å². The van der Waals surface area contributed by atoms with Crippen LogP contribution in [0.5, 0.6) is 5.88 Å². The number of carbonyl (C=O) groups excluding carboxylic acids is 1. The predicted molar refractivity (Wildman–Crippen MR) is 116 cm³/mol. The van der Waals surface area contributed by atoms with E-state index in [1.54, 1.807) is 54.7 Å². The number of aromatic nitrogens is 1. The first kappa shape index (κ1) is 21.1. The summed E-state index contributed by atoms with van der Waals surface area (Å²) in [5, 5.41) is 15.0. The molecule has 0 atom stereocenters. The summed E-state index contributed by atoms with van der Waals surface area (Å²) in [6, 6.07) is 17.2. The number of anilines is 2. The maximum absolute atomic E-state index is 12.1. The minimum Gasteiger partial charge on any atom is -0.478 e. The summed E-state index contributed by atoms with van der Waals surface area (Å²) in [5.41, 5.74) is 1.46. The van der Waals surface area contributed by atoms with Crippen molar-refractivity contribution in [1.82, 2.24) is 4.98 Å². The number of pyridine rings is 1. The Balaban J connectivity index is 1.63. The van der Waals surface area contributed by atoms with E-state index in [0.29, 0.717) is 16.4 Å². The fraction of sp³-hybridized carbons (Fsp3) is 0.136. The normalized spacial score (nSPS) is 10.9. The molecule has 3 aromatic rings. The van der Waals surface area contributed by atoms with Gasteiger partial charge in [0.2, 0.25) is 11.5 Å². The topological polar surface area (TPSA) is 101 Å². The van der Waals surface area contributed by atoms with E-state index in [-0.39, 0.29) is 5.88 Å². The van der Waals surface area contributed by atoms with Gasteiger partial charge in [-0.25, -0.2) is 14.6 Å². The minimum absolute atomic E-state index is 0.223.